The number of aryl methyl sites for hydroxylation is 1. The fourth-order valence-corrected chi connectivity index (χ4v) is 3.40. The van der Waals surface area contributed by atoms with Crippen LogP contribution >= 0.6 is 11.8 Å². The van der Waals surface area contributed by atoms with Crippen LogP contribution in [0.25, 0.3) is 0 Å². The molecule has 1 aromatic carbocycles. The van der Waals surface area contributed by atoms with Crippen LogP contribution in [0.3, 0.4) is 0 Å². The Morgan fingerprint density at radius 3 is 2.53 bits per heavy atom. The topological polar surface area (TPSA) is 23.8 Å². The fraction of sp³-hybridized carbons (Fsp3) is 0.462. The number of benzene rings is 1. The smallest absolute Gasteiger partial charge is 0.107 e. The van der Waals surface area contributed by atoms with Crippen molar-refractivity contribution < 1.29 is 0 Å². The first-order chi connectivity index (χ1) is 7.26. The zero-order chi connectivity index (χ0) is 10.7. The van der Waals surface area contributed by atoms with Crippen molar-refractivity contribution in [3.63, 3.8) is 0 Å². The fourth-order valence-electron chi connectivity index (χ4n) is 2.06. The van der Waals surface area contributed by atoms with E-state index < -0.39 is 0 Å². The van der Waals surface area contributed by atoms with Gasteiger partial charge in [-0.25, -0.2) is 0 Å². The third-order valence-electron chi connectivity index (χ3n) is 3.01. The van der Waals surface area contributed by atoms with Crippen LogP contribution in [-0.4, -0.2) is 4.75 Å². The van der Waals surface area contributed by atoms with Gasteiger partial charge >= 0.3 is 0 Å². The highest BCUT2D eigenvalue weighted by atomic mass is 32.2. The number of hydrogen-bond donors (Lipinski definition) is 0. The van der Waals surface area contributed by atoms with Crippen molar-refractivity contribution in [2.24, 2.45) is 0 Å². The van der Waals surface area contributed by atoms with E-state index in [0.29, 0.717) is 0 Å². The molecule has 0 bridgehead atoms. The molecule has 1 aromatic rings. The van der Waals surface area contributed by atoms with E-state index in [1.165, 1.54) is 23.3 Å². The van der Waals surface area contributed by atoms with Gasteiger partial charge in [-0.1, -0.05) is 31.0 Å². The van der Waals surface area contributed by atoms with Crippen LogP contribution in [0.1, 0.15) is 31.2 Å². The van der Waals surface area contributed by atoms with Gasteiger partial charge in [0.2, 0.25) is 0 Å². The first-order valence-electron chi connectivity index (χ1n) is 5.42. The van der Waals surface area contributed by atoms with Gasteiger partial charge in [0.05, 0.1) is 6.07 Å². The molecule has 0 N–H and O–H groups in total. The summed E-state index contributed by atoms with van der Waals surface area (Å²) in [5, 5.41) is 9.30. The number of nitriles is 1. The van der Waals surface area contributed by atoms with Crippen LogP contribution in [-0.2, 0) is 0 Å². The van der Waals surface area contributed by atoms with Gasteiger partial charge in [0, 0.05) is 4.90 Å². The second-order valence-electron chi connectivity index (χ2n) is 4.18. The molecule has 15 heavy (non-hydrogen) atoms. The Labute approximate surface area is 95.5 Å². The van der Waals surface area contributed by atoms with Crippen molar-refractivity contribution in [1.82, 2.24) is 0 Å². The summed E-state index contributed by atoms with van der Waals surface area (Å²) in [5.74, 6) is 0. The van der Waals surface area contributed by atoms with Gasteiger partial charge in [-0.2, -0.15) is 5.26 Å². The molecule has 78 valence electrons. The Bertz CT molecular complexity index is 386. The Morgan fingerprint density at radius 1 is 1.27 bits per heavy atom. The van der Waals surface area contributed by atoms with Crippen molar-refractivity contribution in [2.45, 2.75) is 42.2 Å². The normalized spacial score (nSPS) is 18.7. The maximum Gasteiger partial charge on any atom is 0.107 e. The number of hydrogen-bond acceptors (Lipinski definition) is 2. The summed E-state index contributed by atoms with van der Waals surface area (Å²) in [4.78, 5) is 1.26. The summed E-state index contributed by atoms with van der Waals surface area (Å²) < 4.78 is -0.147. The minimum absolute atomic E-state index is 0.147. The van der Waals surface area contributed by atoms with E-state index in [0.717, 1.165) is 12.8 Å². The van der Waals surface area contributed by atoms with Crippen molar-refractivity contribution in [1.29, 1.82) is 5.26 Å². The molecule has 1 fully saturated rings. The first-order valence-corrected chi connectivity index (χ1v) is 6.23. The molecule has 2 heteroatoms. The minimum atomic E-state index is -0.147. The van der Waals surface area contributed by atoms with Gasteiger partial charge in [-0.05, 0) is 31.4 Å². The van der Waals surface area contributed by atoms with E-state index in [1.54, 1.807) is 11.8 Å². The van der Waals surface area contributed by atoms with E-state index in [1.807, 2.05) is 6.07 Å². The summed E-state index contributed by atoms with van der Waals surface area (Å²) in [6.07, 6.45) is 4.49. The lowest BCUT2D eigenvalue weighted by atomic mass is 10.1. The Hall–Kier alpha value is -0.940. The zero-order valence-corrected chi connectivity index (χ0v) is 9.81. The van der Waals surface area contributed by atoms with E-state index in [-0.39, 0.29) is 4.75 Å². The lowest BCUT2D eigenvalue weighted by molar-refractivity contribution is 0.759. The molecule has 0 spiro atoms. The molecule has 1 saturated carbocycles. The number of thioether (sulfide) groups is 1. The molecule has 0 aliphatic heterocycles. The van der Waals surface area contributed by atoms with Crippen LogP contribution in [0.5, 0.6) is 0 Å². The van der Waals surface area contributed by atoms with Gasteiger partial charge in [-0.3, -0.25) is 0 Å². The van der Waals surface area contributed by atoms with Gasteiger partial charge in [0.1, 0.15) is 4.75 Å². The highest BCUT2D eigenvalue weighted by Gasteiger charge is 2.35. The lowest BCUT2D eigenvalue weighted by Crippen LogP contribution is -2.16. The van der Waals surface area contributed by atoms with E-state index in [2.05, 4.69) is 31.2 Å². The quantitative estimate of drug-likeness (QED) is 0.749. The molecule has 2 rings (SSSR count). The maximum atomic E-state index is 9.30. The van der Waals surface area contributed by atoms with Crippen LogP contribution in [0.2, 0.25) is 0 Å². The Morgan fingerprint density at radius 2 is 1.93 bits per heavy atom. The zero-order valence-electron chi connectivity index (χ0n) is 8.99. The van der Waals surface area contributed by atoms with E-state index in [4.69, 9.17) is 0 Å². The highest BCUT2D eigenvalue weighted by molar-refractivity contribution is 8.01. The van der Waals surface area contributed by atoms with Crippen LogP contribution in [0.4, 0.5) is 0 Å². The summed E-state index contributed by atoms with van der Waals surface area (Å²) >= 11 is 1.76. The largest absolute Gasteiger partial charge is 0.197 e. The first kappa shape index (κ1) is 10.6. The predicted molar refractivity (Wildman–Crippen MR) is 63.8 cm³/mol. The van der Waals surface area contributed by atoms with Crippen molar-refractivity contribution in [2.75, 3.05) is 0 Å². The average molecular weight is 217 g/mol. The van der Waals surface area contributed by atoms with Crippen molar-refractivity contribution in [3.8, 4) is 6.07 Å². The maximum absolute atomic E-state index is 9.30. The third-order valence-corrected chi connectivity index (χ3v) is 4.58. The Balaban J connectivity index is 2.21. The van der Waals surface area contributed by atoms with Gasteiger partial charge < -0.3 is 0 Å². The molecule has 0 radical (unpaired) electrons. The molecule has 0 heterocycles. The standard InChI is InChI=1S/C13H15NS/c1-11-6-2-3-7-12(11)15-13(10-14)8-4-5-9-13/h2-3,6-7H,4-5,8-9H2,1H3. The molecule has 1 nitrogen and oxygen atoms in total. The summed E-state index contributed by atoms with van der Waals surface area (Å²) in [6.45, 7) is 2.11. The van der Waals surface area contributed by atoms with Crippen LogP contribution < -0.4 is 0 Å². The molecular weight excluding hydrogens is 202 g/mol. The average Bonchev–Trinajstić information content (AvgIpc) is 2.71. The second kappa shape index (κ2) is 4.28. The van der Waals surface area contributed by atoms with Crippen molar-refractivity contribution in [3.05, 3.63) is 29.8 Å². The molecule has 0 unspecified atom stereocenters. The molecule has 1 aliphatic carbocycles. The second-order valence-corrected chi connectivity index (χ2v) is 5.61. The molecule has 0 saturated heterocycles. The molecular formula is C13H15NS. The predicted octanol–water partition coefficient (Wildman–Crippen LogP) is 3.92. The molecule has 0 atom stereocenters. The van der Waals surface area contributed by atoms with E-state index in [9.17, 15) is 5.26 Å². The number of rotatable bonds is 2. The summed E-state index contributed by atoms with van der Waals surface area (Å²) in [7, 11) is 0. The van der Waals surface area contributed by atoms with Crippen LogP contribution in [0.15, 0.2) is 29.2 Å². The van der Waals surface area contributed by atoms with Gasteiger partial charge in [0.25, 0.3) is 0 Å². The monoisotopic (exact) mass is 217 g/mol. The summed E-state index contributed by atoms with van der Waals surface area (Å²) in [5.41, 5.74) is 1.28. The minimum Gasteiger partial charge on any atom is -0.197 e. The highest BCUT2D eigenvalue weighted by Crippen LogP contribution is 2.45. The summed E-state index contributed by atoms with van der Waals surface area (Å²) in [6, 6.07) is 10.9. The van der Waals surface area contributed by atoms with Crippen molar-refractivity contribution >= 4 is 11.8 Å². The SMILES string of the molecule is Cc1ccccc1SC1(C#N)CCCC1. The number of nitrogens with zero attached hydrogens (tertiary/aromatic N) is 1. The molecule has 0 amide bonds. The van der Waals surface area contributed by atoms with Gasteiger partial charge in [0.15, 0.2) is 0 Å². The van der Waals surface area contributed by atoms with Gasteiger partial charge in [-0.15, -0.1) is 11.8 Å². The molecule has 1 aliphatic rings. The third kappa shape index (κ3) is 2.18. The Kier molecular flexibility index (Phi) is 3.02. The molecule has 0 aromatic heterocycles. The van der Waals surface area contributed by atoms with E-state index >= 15 is 0 Å². The lowest BCUT2D eigenvalue weighted by Gasteiger charge is -2.20. The van der Waals surface area contributed by atoms with Crippen LogP contribution in [0, 0.1) is 18.3 Å².